The fraction of sp³-hybridized carbons (Fsp3) is 0.667. The molecule has 8 heteroatoms. The molecule has 0 aromatic carbocycles. The predicted molar refractivity (Wildman–Crippen MR) is 88.0 cm³/mol. The minimum absolute atomic E-state index is 0.00758. The predicted octanol–water partition coefficient (Wildman–Crippen LogP) is 0.643. The maximum absolute atomic E-state index is 12.4. The van der Waals surface area contributed by atoms with E-state index < -0.39 is 0 Å². The number of imidazole rings is 1. The van der Waals surface area contributed by atoms with Crippen LogP contribution in [0.3, 0.4) is 0 Å². The smallest absolute Gasteiger partial charge is 0.248 e. The van der Waals surface area contributed by atoms with Gasteiger partial charge < -0.3 is 19.5 Å². The zero-order chi connectivity index (χ0) is 16.8. The monoisotopic (exact) mass is 340 g/mol. The Bertz CT molecular complexity index is 561. The summed E-state index contributed by atoms with van der Waals surface area (Å²) in [6, 6.07) is 0. The molecular formula is C15H24N4O3S. The van der Waals surface area contributed by atoms with Crippen LogP contribution in [0.5, 0.6) is 0 Å². The molecule has 1 aromatic rings. The molecule has 7 nitrogen and oxygen atoms in total. The number of hydrogen-bond donors (Lipinski definition) is 1. The number of amides is 2. The Morgan fingerprint density at radius 1 is 1.52 bits per heavy atom. The first-order valence-corrected chi connectivity index (χ1v) is 8.88. The minimum Gasteiger partial charge on any atom is -0.375 e. The topological polar surface area (TPSA) is 76.5 Å². The summed E-state index contributed by atoms with van der Waals surface area (Å²) in [4.78, 5) is 30.3. The summed E-state index contributed by atoms with van der Waals surface area (Å²) in [5, 5.41) is 3.88. The molecule has 1 aliphatic heterocycles. The number of aromatic nitrogens is 2. The molecule has 1 atom stereocenters. The third-order valence-electron chi connectivity index (χ3n) is 4.08. The Kier molecular flexibility index (Phi) is 6.47. The molecule has 1 saturated heterocycles. The summed E-state index contributed by atoms with van der Waals surface area (Å²) >= 11 is 1.57. The van der Waals surface area contributed by atoms with Gasteiger partial charge in [0.25, 0.3) is 0 Å². The van der Waals surface area contributed by atoms with E-state index >= 15 is 0 Å². The number of likely N-dealkylation sites (tertiary alicyclic amines) is 1. The lowest BCUT2D eigenvalue weighted by atomic mass is 9.97. The maximum Gasteiger partial charge on any atom is 0.248 e. The van der Waals surface area contributed by atoms with Crippen molar-refractivity contribution in [1.82, 2.24) is 19.8 Å². The van der Waals surface area contributed by atoms with Crippen LogP contribution in [-0.4, -0.2) is 59.3 Å². The molecule has 23 heavy (non-hydrogen) atoms. The van der Waals surface area contributed by atoms with Crippen LogP contribution in [0.1, 0.15) is 18.5 Å². The molecule has 2 rings (SSSR count). The zero-order valence-electron chi connectivity index (χ0n) is 13.9. The van der Waals surface area contributed by atoms with Gasteiger partial charge >= 0.3 is 0 Å². The summed E-state index contributed by atoms with van der Waals surface area (Å²) in [7, 11) is 3.44. The molecule has 1 fully saturated rings. The highest BCUT2D eigenvalue weighted by molar-refractivity contribution is 7.98. The van der Waals surface area contributed by atoms with Gasteiger partial charge in [0.05, 0.1) is 24.4 Å². The van der Waals surface area contributed by atoms with Crippen molar-refractivity contribution in [1.29, 1.82) is 0 Å². The number of nitrogens with one attached hydrogen (secondary N) is 1. The molecule has 1 unspecified atom stereocenters. The van der Waals surface area contributed by atoms with Crippen LogP contribution < -0.4 is 5.32 Å². The number of piperidine rings is 1. The highest BCUT2D eigenvalue weighted by Crippen LogP contribution is 2.18. The second-order valence-electron chi connectivity index (χ2n) is 5.62. The number of carbonyl (C=O) groups excluding carboxylic acids is 2. The fourth-order valence-electron chi connectivity index (χ4n) is 2.73. The molecule has 2 heterocycles. The summed E-state index contributed by atoms with van der Waals surface area (Å²) < 4.78 is 6.85. The van der Waals surface area contributed by atoms with Crippen molar-refractivity contribution in [2.75, 3.05) is 33.1 Å². The Hall–Kier alpha value is -1.54. The number of ether oxygens (including phenoxy) is 1. The van der Waals surface area contributed by atoms with Crippen molar-refractivity contribution >= 4 is 23.6 Å². The maximum atomic E-state index is 12.4. The SMILES string of the molecule is COCC(=O)N1CCCC(C(=O)NCc2cnc(SC)n2C)C1. The summed E-state index contributed by atoms with van der Waals surface area (Å²) in [6.45, 7) is 1.69. The first-order valence-electron chi connectivity index (χ1n) is 7.65. The molecule has 0 bridgehead atoms. The molecule has 1 N–H and O–H groups in total. The van der Waals surface area contributed by atoms with E-state index in [1.807, 2.05) is 17.9 Å². The van der Waals surface area contributed by atoms with Crippen LogP contribution in [-0.2, 0) is 27.9 Å². The van der Waals surface area contributed by atoms with E-state index in [4.69, 9.17) is 4.74 Å². The highest BCUT2D eigenvalue weighted by atomic mass is 32.2. The molecule has 128 valence electrons. The van der Waals surface area contributed by atoms with Crippen molar-refractivity contribution < 1.29 is 14.3 Å². The van der Waals surface area contributed by atoms with Gasteiger partial charge in [0.2, 0.25) is 11.8 Å². The van der Waals surface area contributed by atoms with E-state index in [0.29, 0.717) is 19.6 Å². The van der Waals surface area contributed by atoms with Crippen LogP contribution in [0.25, 0.3) is 0 Å². The van der Waals surface area contributed by atoms with Crippen LogP contribution >= 0.6 is 11.8 Å². The van der Waals surface area contributed by atoms with Gasteiger partial charge in [-0.3, -0.25) is 9.59 Å². The number of methoxy groups -OCH3 is 1. The van der Waals surface area contributed by atoms with E-state index in [9.17, 15) is 9.59 Å². The second kappa shape index (κ2) is 8.35. The third-order valence-corrected chi connectivity index (χ3v) is 4.83. The molecule has 1 aromatic heterocycles. The van der Waals surface area contributed by atoms with Gasteiger partial charge in [-0.05, 0) is 19.1 Å². The summed E-state index contributed by atoms with van der Waals surface area (Å²) in [5.41, 5.74) is 0.964. The Balaban J connectivity index is 1.87. The molecule has 0 aliphatic carbocycles. The van der Waals surface area contributed by atoms with Gasteiger partial charge in [0, 0.05) is 27.2 Å². The van der Waals surface area contributed by atoms with Crippen molar-refractivity contribution in [3.05, 3.63) is 11.9 Å². The normalized spacial score (nSPS) is 18.0. The van der Waals surface area contributed by atoms with Crippen LogP contribution in [0.15, 0.2) is 11.4 Å². The lowest BCUT2D eigenvalue weighted by Gasteiger charge is -2.31. The Labute approximate surface area is 140 Å². The number of nitrogens with zero attached hydrogens (tertiary/aromatic N) is 3. The van der Waals surface area contributed by atoms with E-state index in [2.05, 4.69) is 10.3 Å². The van der Waals surface area contributed by atoms with Crippen molar-refractivity contribution in [2.45, 2.75) is 24.5 Å². The average Bonchev–Trinajstić information content (AvgIpc) is 2.93. The number of hydrogen-bond acceptors (Lipinski definition) is 5. The molecule has 0 saturated carbocycles. The van der Waals surface area contributed by atoms with Crippen LogP contribution in [0.2, 0.25) is 0 Å². The largest absolute Gasteiger partial charge is 0.375 e. The van der Waals surface area contributed by atoms with Crippen molar-refractivity contribution in [3.8, 4) is 0 Å². The molecule has 0 spiro atoms. The van der Waals surface area contributed by atoms with Gasteiger partial charge in [-0.25, -0.2) is 4.98 Å². The van der Waals surface area contributed by atoms with Gasteiger partial charge in [0.15, 0.2) is 5.16 Å². The highest BCUT2D eigenvalue weighted by Gasteiger charge is 2.28. The quantitative estimate of drug-likeness (QED) is 0.769. The van der Waals surface area contributed by atoms with Gasteiger partial charge in [0.1, 0.15) is 6.61 Å². The van der Waals surface area contributed by atoms with Gasteiger partial charge in [-0.2, -0.15) is 0 Å². The average molecular weight is 340 g/mol. The lowest BCUT2D eigenvalue weighted by molar-refractivity contribution is -0.139. The van der Waals surface area contributed by atoms with E-state index in [1.165, 1.54) is 7.11 Å². The zero-order valence-corrected chi connectivity index (χ0v) is 14.7. The molecule has 1 aliphatic rings. The number of carbonyl (C=O) groups is 2. The summed E-state index contributed by atoms with van der Waals surface area (Å²) in [5.74, 6) is -0.217. The van der Waals surface area contributed by atoms with Crippen molar-refractivity contribution in [3.63, 3.8) is 0 Å². The molecule has 2 amide bonds. The van der Waals surface area contributed by atoms with E-state index in [1.54, 1.807) is 22.9 Å². The van der Waals surface area contributed by atoms with E-state index in [-0.39, 0.29) is 24.3 Å². The van der Waals surface area contributed by atoms with Gasteiger partial charge in [-0.15, -0.1) is 0 Å². The third kappa shape index (κ3) is 4.48. The van der Waals surface area contributed by atoms with Crippen LogP contribution in [0.4, 0.5) is 0 Å². The first-order chi connectivity index (χ1) is 11.1. The number of thioether (sulfide) groups is 1. The van der Waals surface area contributed by atoms with E-state index in [0.717, 1.165) is 23.7 Å². The Morgan fingerprint density at radius 3 is 2.96 bits per heavy atom. The Morgan fingerprint density at radius 2 is 2.30 bits per heavy atom. The molecule has 0 radical (unpaired) electrons. The standard InChI is InChI=1S/C15H24N4O3S/c1-18-12(8-17-15(18)23-3)7-16-14(21)11-5-4-6-19(9-11)13(20)10-22-2/h8,11H,4-7,9-10H2,1-3H3,(H,16,21). The summed E-state index contributed by atoms with van der Waals surface area (Å²) in [6.07, 6.45) is 5.40. The first kappa shape index (κ1) is 17.8. The lowest BCUT2D eigenvalue weighted by Crippen LogP contribution is -2.46. The fourth-order valence-corrected chi connectivity index (χ4v) is 3.28. The second-order valence-corrected chi connectivity index (χ2v) is 6.40. The van der Waals surface area contributed by atoms with Crippen LogP contribution in [0, 0.1) is 5.92 Å². The van der Waals surface area contributed by atoms with Gasteiger partial charge in [-0.1, -0.05) is 11.8 Å². The van der Waals surface area contributed by atoms with Crippen molar-refractivity contribution in [2.24, 2.45) is 13.0 Å². The minimum atomic E-state index is -0.155. The molecular weight excluding hydrogens is 316 g/mol. The number of rotatable bonds is 6.